The number of nitrogens with zero attached hydrogens (tertiary/aromatic N) is 1. The summed E-state index contributed by atoms with van der Waals surface area (Å²) in [5.74, 6) is -0.459. The highest BCUT2D eigenvalue weighted by Crippen LogP contribution is 2.11. The van der Waals surface area contributed by atoms with E-state index in [2.05, 4.69) is 9.97 Å². The molecule has 2 aromatic heterocycles. The Morgan fingerprint density at radius 1 is 1.57 bits per heavy atom. The molecule has 0 bridgehead atoms. The van der Waals surface area contributed by atoms with Gasteiger partial charge in [0, 0.05) is 23.9 Å². The normalized spacial score (nSPS) is 11.1. The maximum Gasteiger partial charge on any atom is 0.241 e. The van der Waals surface area contributed by atoms with Gasteiger partial charge in [-0.25, -0.2) is 4.98 Å². The number of H-pyrrole nitrogens is 1. The van der Waals surface area contributed by atoms with Gasteiger partial charge >= 0.3 is 0 Å². The third kappa shape index (κ3) is 1.64. The zero-order chi connectivity index (χ0) is 9.97. The fourth-order valence-corrected chi connectivity index (χ4v) is 1.23. The van der Waals surface area contributed by atoms with Crippen molar-refractivity contribution in [1.29, 1.82) is 0 Å². The Labute approximate surface area is 80.4 Å². The predicted molar refractivity (Wildman–Crippen MR) is 54.3 cm³/mol. The van der Waals surface area contributed by atoms with Gasteiger partial charge in [0.05, 0.1) is 0 Å². The topological polar surface area (TPSA) is 71.8 Å². The Morgan fingerprint density at radius 2 is 2.43 bits per heavy atom. The van der Waals surface area contributed by atoms with Crippen molar-refractivity contribution in [1.82, 2.24) is 9.97 Å². The van der Waals surface area contributed by atoms with Crippen molar-refractivity contribution in [2.45, 2.75) is 0 Å². The Kier molecular flexibility index (Phi) is 2.02. The van der Waals surface area contributed by atoms with E-state index in [1.165, 1.54) is 6.08 Å². The summed E-state index contributed by atoms with van der Waals surface area (Å²) in [4.78, 5) is 17.6. The van der Waals surface area contributed by atoms with E-state index in [4.69, 9.17) is 5.73 Å². The minimum Gasteiger partial charge on any atom is -0.366 e. The Bertz CT molecular complexity index is 499. The maximum atomic E-state index is 10.5. The number of nitrogens with one attached hydrogen (secondary N) is 1. The van der Waals surface area contributed by atoms with Crippen molar-refractivity contribution in [3.05, 3.63) is 36.2 Å². The largest absolute Gasteiger partial charge is 0.366 e. The lowest BCUT2D eigenvalue weighted by Gasteiger charge is -1.92. The number of amides is 1. The summed E-state index contributed by atoms with van der Waals surface area (Å²) in [6.45, 7) is 0. The molecule has 1 amide bonds. The van der Waals surface area contributed by atoms with Crippen LogP contribution in [0.2, 0.25) is 0 Å². The summed E-state index contributed by atoms with van der Waals surface area (Å²) in [6, 6.07) is 3.85. The standard InChI is InChI=1S/C10H9N3O/c11-9(14)2-1-7-5-8-3-4-12-10(8)13-6-7/h1-6H,(H2,11,14)(H,12,13)/b2-1+. The first-order valence-electron chi connectivity index (χ1n) is 4.16. The average molecular weight is 187 g/mol. The lowest BCUT2D eigenvalue weighted by Crippen LogP contribution is -2.05. The molecule has 4 nitrogen and oxygen atoms in total. The lowest BCUT2D eigenvalue weighted by molar-refractivity contribution is -0.113. The number of fused-ring (bicyclic) bond motifs is 1. The van der Waals surface area contributed by atoms with Gasteiger partial charge in [0.2, 0.25) is 5.91 Å². The van der Waals surface area contributed by atoms with Crippen LogP contribution in [-0.2, 0) is 4.79 Å². The van der Waals surface area contributed by atoms with E-state index in [1.54, 1.807) is 12.3 Å². The Balaban J connectivity index is 2.39. The van der Waals surface area contributed by atoms with Gasteiger partial charge in [-0.1, -0.05) is 0 Å². The fraction of sp³-hybridized carbons (Fsp3) is 0. The highest BCUT2D eigenvalue weighted by atomic mass is 16.1. The molecule has 0 saturated carbocycles. The van der Waals surface area contributed by atoms with Crippen molar-refractivity contribution < 1.29 is 4.79 Å². The van der Waals surface area contributed by atoms with Crippen LogP contribution in [0.3, 0.4) is 0 Å². The highest BCUT2D eigenvalue weighted by Gasteiger charge is 1.95. The zero-order valence-corrected chi connectivity index (χ0v) is 7.40. The molecule has 14 heavy (non-hydrogen) atoms. The van der Waals surface area contributed by atoms with Crippen molar-refractivity contribution in [3.8, 4) is 0 Å². The quantitative estimate of drug-likeness (QED) is 0.690. The molecule has 0 aliphatic rings. The Hall–Kier alpha value is -2.10. The van der Waals surface area contributed by atoms with Gasteiger partial charge in [0.15, 0.2) is 0 Å². The number of hydrogen-bond acceptors (Lipinski definition) is 2. The molecular formula is C10H9N3O. The smallest absolute Gasteiger partial charge is 0.241 e. The number of nitrogens with two attached hydrogens (primary N) is 1. The lowest BCUT2D eigenvalue weighted by atomic mass is 10.2. The number of rotatable bonds is 2. The summed E-state index contributed by atoms with van der Waals surface area (Å²) in [6.07, 6.45) is 6.45. The molecule has 0 aliphatic heterocycles. The van der Waals surface area contributed by atoms with Gasteiger partial charge < -0.3 is 10.7 Å². The van der Waals surface area contributed by atoms with Crippen molar-refractivity contribution in [3.63, 3.8) is 0 Å². The van der Waals surface area contributed by atoms with Crippen LogP contribution in [0.5, 0.6) is 0 Å². The summed E-state index contributed by atoms with van der Waals surface area (Å²) in [7, 11) is 0. The maximum absolute atomic E-state index is 10.5. The summed E-state index contributed by atoms with van der Waals surface area (Å²) in [5, 5.41) is 1.01. The molecule has 0 fully saturated rings. The number of aromatic nitrogens is 2. The number of primary amides is 1. The van der Waals surface area contributed by atoms with Crippen LogP contribution >= 0.6 is 0 Å². The van der Waals surface area contributed by atoms with Crippen LogP contribution < -0.4 is 5.73 Å². The minimum absolute atomic E-state index is 0.459. The molecule has 0 radical (unpaired) electrons. The van der Waals surface area contributed by atoms with E-state index >= 15 is 0 Å². The molecule has 0 unspecified atom stereocenters. The van der Waals surface area contributed by atoms with Crippen molar-refractivity contribution in [2.75, 3.05) is 0 Å². The van der Waals surface area contributed by atoms with Crippen LogP contribution in [-0.4, -0.2) is 15.9 Å². The van der Waals surface area contributed by atoms with E-state index < -0.39 is 5.91 Å². The number of hydrogen-bond donors (Lipinski definition) is 2. The third-order valence-corrected chi connectivity index (χ3v) is 1.86. The van der Waals surface area contributed by atoms with Crippen molar-refractivity contribution in [2.24, 2.45) is 5.73 Å². The first-order valence-corrected chi connectivity index (χ1v) is 4.16. The molecule has 0 spiro atoms. The van der Waals surface area contributed by atoms with Crippen LogP contribution in [0.4, 0.5) is 0 Å². The molecule has 2 heterocycles. The van der Waals surface area contributed by atoms with E-state index in [0.717, 1.165) is 16.6 Å². The molecule has 0 saturated heterocycles. The van der Waals surface area contributed by atoms with E-state index in [-0.39, 0.29) is 0 Å². The van der Waals surface area contributed by atoms with Crippen LogP contribution in [0, 0.1) is 0 Å². The molecule has 3 N–H and O–H groups in total. The number of carbonyl (C=O) groups excluding carboxylic acids is 1. The first kappa shape index (κ1) is 8.50. The number of pyridine rings is 1. The van der Waals surface area contributed by atoms with Gasteiger partial charge in [0.25, 0.3) is 0 Å². The van der Waals surface area contributed by atoms with Gasteiger partial charge in [-0.2, -0.15) is 0 Å². The van der Waals surface area contributed by atoms with Crippen LogP contribution in [0.1, 0.15) is 5.56 Å². The van der Waals surface area contributed by atoms with E-state index in [1.807, 2.05) is 18.3 Å². The molecule has 0 aromatic carbocycles. The molecule has 70 valence electrons. The van der Waals surface area contributed by atoms with Crippen molar-refractivity contribution >= 4 is 23.0 Å². The number of carbonyl (C=O) groups is 1. The first-order chi connectivity index (χ1) is 6.75. The second-order valence-corrected chi connectivity index (χ2v) is 2.92. The average Bonchev–Trinajstić information content (AvgIpc) is 2.61. The molecule has 0 atom stereocenters. The SMILES string of the molecule is NC(=O)/C=C/c1cnc2[nH]ccc2c1. The highest BCUT2D eigenvalue weighted by molar-refractivity contribution is 5.90. The van der Waals surface area contributed by atoms with Gasteiger partial charge in [-0.3, -0.25) is 4.79 Å². The van der Waals surface area contributed by atoms with Gasteiger partial charge in [-0.15, -0.1) is 0 Å². The molecule has 0 aliphatic carbocycles. The second kappa shape index (κ2) is 3.33. The van der Waals surface area contributed by atoms with Gasteiger partial charge in [-0.05, 0) is 23.8 Å². The van der Waals surface area contributed by atoms with Crippen LogP contribution in [0.15, 0.2) is 30.6 Å². The second-order valence-electron chi connectivity index (χ2n) is 2.92. The number of aromatic amines is 1. The van der Waals surface area contributed by atoms with E-state index in [0.29, 0.717) is 0 Å². The Morgan fingerprint density at radius 3 is 3.21 bits per heavy atom. The third-order valence-electron chi connectivity index (χ3n) is 1.86. The minimum atomic E-state index is -0.459. The van der Waals surface area contributed by atoms with E-state index in [9.17, 15) is 4.79 Å². The fourth-order valence-electron chi connectivity index (χ4n) is 1.23. The monoisotopic (exact) mass is 187 g/mol. The van der Waals surface area contributed by atoms with Gasteiger partial charge in [0.1, 0.15) is 5.65 Å². The molecular weight excluding hydrogens is 178 g/mol. The summed E-state index contributed by atoms with van der Waals surface area (Å²) in [5.41, 5.74) is 6.67. The predicted octanol–water partition coefficient (Wildman–Crippen LogP) is 1.06. The summed E-state index contributed by atoms with van der Waals surface area (Å²) < 4.78 is 0. The van der Waals surface area contributed by atoms with Crippen LogP contribution in [0.25, 0.3) is 17.1 Å². The molecule has 2 rings (SSSR count). The summed E-state index contributed by atoms with van der Waals surface area (Å²) >= 11 is 0. The molecule has 4 heteroatoms. The molecule has 2 aromatic rings. The zero-order valence-electron chi connectivity index (χ0n) is 7.40.